The number of hydrogen-bond donors (Lipinski definition) is 0. The first-order valence-electron chi connectivity index (χ1n) is 2.77. The van der Waals surface area contributed by atoms with Crippen molar-refractivity contribution in [2.45, 2.75) is 0 Å². The zero-order valence-corrected chi connectivity index (χ0v) is 5.44. The molecule has 0 saturated carbocycles. The lowest BCUT2D eigenvalue weighted by atomic mass is 10.0. The first-order chi connectivity index (χ1) is 4.70. The smallest absolute Gasteiger partial charge is 0.265 e. The van der Waals surface area contributed by atoms with Crippen molar-refractivity contribution in [2.24, 2.45) is 0 Å². The largest absolute Gasteiger partial charge is 0.287 e. The maximum atomic E-state index is 10.1. The average molecular weight is 136 g/mol. The van der Waals surface area contributed by atoms with Gasteiger partial charge in [0.1, 0.15) is 6.20 Å². The Bertz CT molecular complexity index is 246. The van der Waals surface area contributed by atoms with Gasteiger partial charge in [0.15, 0.2) is 7.85 Å². The Labute approximate surface area is 58.5 Å². The topological polar surface area (TPSA) is 56.0 Å². The molecule has 0 fully saturated rings. The molecule has 0 aliphatic rings. The first kappa shape index (κ1) is 6.73. The van der Waals surface area contributed by atoms with Gasteiger partial charge in [0.2, 0.25) is 0 Å². The van der Waals surface area contributed by atoms with E-state index in [2.05, 4.69) is 4.98 Å². The first-order valence-corrected chi connectivity index (χ1v) is 2.77. The zero-order valence-electron chi connectivity index (χ0n) is 5.44. The normalized spacial score (nSPS) is 9.20. The predicted molar refractivity (Wildman–Crippen MR) is 39.1 cm³/mol. The van der Waals surface area contributed by atoms with E-state index >= 15 is 0 Å². The van der Waals surface area contributed by atoms with Crippen molar-refractivity contribution in [3.63, 3.8) is 0 Å². The molecule has 0 radical (unpaired) electrons. The average Bonchev–Trinajstić information content (AvgIpc) is 1.88. The number of nitro groups is 1. The van der Waals surface area contributed by atoms with Crippen molar-refractivity contribution < 1.29 is 4.92 Å². The van der Waals surface area contributed by atoms with Crippen LogP contribution in [-0.2, 0) is 0 Å². The monoisotopic (exact) mass is 136 g/mol. The van der Waals surface area contributed by atoms with Gasteiger partial charge in [-0.1, -0.05) is 0 Å². The van der Waals surface area contributed by atoms with Crippen LogP contribution in [0.2, 0.25) is 0 Å². The van der Waals surface area contributed by atoms with E-state index in [1.165, 1.54) is 12.3 Å². The Balaban J connectivity index is 3.00. The fourth-order valence-corrected chi connectivity index (χ4v) is 0.568. The minimum Gasteiger partial charge on any atom is -0.265 e. The summed E-state index contributed by atoms with van der Waals surface area (Å²) < 4.78 is 0. The summed E-state index contributed by atoms with van der Waals surface area (Å²) >= 11 is 0. The molecule has 0 bridgehead atoms. The van der Waals surface area contributed by atoms with Gasteiger partial charge >= 0.3 is 0 Å². The van der Waals surface area contributed by atoms with Gasteiger partial charge in [-0.05, 0) is 11.7 Å². The van der Waals surface area contributed by atoms with Crippen LogP contribution in [0.1, 0.15) is 0 Å². The van der Waals surface area contributed by atoms with Crippen molar-refractivity contribution in [2.75, 3.05) is 0 Å². The third-order valence-corrected chi connectivity index (χ3v) is 1.11. The maximum absolute atomic E-state index is 10.1. The van der Waals surface area contributed by atoms with E-state index in [4.69, 9.17) is 0 Å². The molecular formula is C5H5BN2O2. The minimum atomic E-state index is -0.466. The molecule has 50 valence electrons. The van der Waals surface area contributed by atoms with Crippen molar-refractivity contribution in [3.8, 4) is 0 Å². The van der Waals surface area contributed by atoms with E-state index < -0.39 is 4.92 Å². The Morgan fingerprint density at radius 3 is 2.70 bits per heavy atom. The summed E-state index contributed by atoms with van der Waals surface area (Å²) in [5.74, 6) is 0. The Morgan fingerprint density at radius 1 is 1.60 bits per heavy atom. The second kappa shape index (κ2) is 2.47. The molecule has 0 aromatic carbocycles. The second-order valence-electron chi connectivity index (χ2n) is 1.91. The van der Waals surface area contributed by atoms with Crippen LogP contribution in [0.25, 0.3) is 0 Å². The molecule has 0 atom stereocenters. The SMILES string of the molecule is Bc1ccc([N+](=O)[O-])cn1. The molecule has 1 heterocycles. The minimum absolute atomic E-state index is 0.0330. The van der Waals surface area contributed by atoms with E-state index in [0.29, 0.717) is 0 Å². The summed E-state index contributed by atoms with van der Waals surface area (Å²) in [5.41, 5.74) is 0.816. The molecule has 5 heteroatoms. The number of hydrogen-bond acceptors (Lipinski definition) is 3. The quantitative estimate of drug-likeness (QED) is 0.290. The van der Waals surface area contributed by atoms with E-state index in [0.717, 1.165) is 5.59 Å². The molecule has 4 nitrogen and oxygen atoms in total. The van der Waals surface area contributed by atoms with Crippen LogP contribution in [0, 0.1) is 10.1 Å². The summed E-state index contributed by atoms with van der Waals surface area (Å²) in [6.07, 6.45) is 1.25. The van der Waals surface area contributed by atoms with Gasteiger partial charge in [0.25, 0.3) is 5.69 Å². The summed E-state index contributed by atoms with van der Waals surface area (Å²) in [5, 5.41) is 10.1. The molecule has 0 saturated heterocycles. The molecular weight excluding hydrogens is 131 g/mol. The highest BCUT2D eigenvalue weighted by atomic mass is 16.6. The van der Waals surface area contributed by atoms with Crippen LogP contribution in [0.5, 0.6) is 0 Å². The van der Waals surface area contributed by atoms with Gasteiger partial charge in [-0.2, -0.15) is 0 Å². The summed E-state index contributed by atoms with van der Waals surface area (Å²) in [4.78, 5) is 13.4. The third-order valence-electron chi connectivity index (χ3n) is 1.11. The summed E-state index contributed by atoms with van der Waals surface area (Å²) in [7, 11) is 1.78. The van der Waals surface area contributed by atoms with Gasteiger partial charge in [-0.3, -0.25) is 15.1 Å². The number of aromatic nitrogens is 1. The lowest BCUT2D eigenvalue weighted by Crippen LogP contribution is -2.06. The molecule has 0 aliphatic carbocycles. The Hall–Kier alpha value is -1.39. The zero-order chi connectivity index (χ0) is 7.56. The summed E-state index contributed by atoms with van der Waals surface area (Å²) in [6, 6.07) is 3.04. The predicted octanol–water partition coefficient (Wildman–Crippen LogP) is -0.752. The molecule has 1 rings (SSSR count). The van der Waals surface area contributed by atoms with Gasteiger partial charge in [-0.25, -0.2) is 0 Å². The van der Waals surface area contributed by atoms with Crippen molar-refractivity contribution in [3.05, 3.63) is 28.4 Å². The molecule has 0 amide bonds. The van der Waals surface area contributed by atoms with Crippen LogP contribution in [0.15, 0.2) is 18.3 Å². The van der Waals surface area contributed by atoms with Crippen molar-refractivity contribution >= 4 is 19.1 Å². The molecule has 10 heavy (non-hydrogen) atoms. The molecule has 1 aromatic rings. The highest BCUT2D eigenvalue weighted by Crippen LogP contribution is 2.03. The van der Waals surface area contributed by atoms with Gasteiger partial charge in [0, 0.05) is 6.07 Å². The van der Waals surface area contributed by atoms with Crippen LogP contribution in [0.3, 0.4) is 0 Å². The number of nitrogens with zero attached hydrogens (tertiary/aromatic N) is 2. The lowest BCUT2D eigenvalue weighted by Gasteiger charge is -1.89. The lowest BCUT2D eigenvalue weighted by molar-refractivity contribution is -0.385. The van der Waals surface area contributed by atoms with Crippen molar-refractivity contribution in [1.82, 2.24) is 4.98 Å². The van der Waals surface area contributed by atoms with Gasteiger partial charge in [0.05, 0.1) is 4.92 Å². The fraction of sp³-hybridized carbons (Fsp3) is 0. The van der Waals surface area contributed by atoms with Crippen LogP contribution >= 0.6 is 0 Å². The van der Waals surface area contributed by atoms with Gasteiger partial charge in [-0.15, -0.1) is 0 Å². The van der Waals surface area contributed by atoms with E-state index in [1.807, 2.05) is 0 Å². The molecule has 0 unspecified atom stereocenters. The Morgan fingerprint density at radius 2 is 2.30 bits per heavy atom. The van der Waals surface area contributed by atoms with Crippen LogP contribution in [-0.4, -0.2) is 17.8 Å². The highest BCUT2D eigenvalue weighted by Gasteiger charge is 2.01. The van der Waals surface area contributed by atoms with E-state index in [-0.39, 0.29) is 5.69 Å². The molecule has 1 aromatic heterocycles. The standard InChI is InChI=1S/C5H5BN2O2/c6-5-2-1-4(3-7-5)8(9)10/h1-3H,6H2. The van der Waals surface area contributed by atoms with Gasteiger partial charge < -0.3 is 0 Å². The molecule has 0 N–H and O–H groups in total. The highest BCUT2D eigenvalue weighted by molar-refractivity contribution is 6.30. The summed E-state index contributed by atoms with van der Waals surface area (Å²) in [6.45, 7) is 0. The molecule has 0 spiro atoms. The number of pyridine rings is 1. The third kappa shape index (κ3) is 1.31. The van der Waals surface area contributed by atoms with Crippen molar-refractivity contribution in [1.29, 1.82) is 0 Å². The molecule has 0 aliphatic heterocycles. The second-order valence-corrected chi connectivity index (χ2v) is 1.91. The van der Waals surface area contributed by atoms with E-state index in [1.54, 1.807) is 13.9 Å². The van der Waals surface area contributed by atoms with E-state index in [9.17, 15) is 10.1 Å². The van der Waals surface area contributed by atoms with Crippen LogP contribution in [0.4, 0.5) is 5.69 Å². The fourth-order valence-electron chi connectivity index (χ4n) is 0.568. The number of rotatable bonds is 1. The van der Waals surface area contributed by atoms with Crippen LogP contribution < -0.4 is 5.59 Å². The maximum Gasteiger partial charge on any atom is 0.287 e. The Kier molecular flexibility index (Phi) is 1.66.